The molecule has 150 valence electrons. The van der Waals surface area contributed by atoms with Crippen LogP contribution in [-0.4, -0.2) is 55.0 Å². The summed E-state index contributed by atoms with van der Waals surface area (Å²) in [6, 6.07) is 7.53. The van der Waals surface area contributed by atoms with E-state index in [1.807, 2.05) is 9.80 Å². The topological polar surface area (TPSA) is 26.8 Å². The van der Waals surface area contributed by atoms with Crippen molar-refractivity contribution >= 4 is 22.9 Å². The largest absolute Gasteiger partial charge is 0.416 e. The number of anilines is 1. The molecule has 2 aromatic rings. The number of carbonyl (C=O) groups excluding carboxylic acids is 1. The normalized spacial score (nSPS) is 18.2. The highest BCUT2D eigenvalue weighted by atomic mass is 32.1. The summed E-state index contributed by atoms with van der Waals surface area (Å²) >= 11 is 1.78. The van der Waals surface area contributed by atoms with Gasteiger partial charge in [0, 0.05) is 49.8 Å². The number of thiophene rings is 1. The Morgan fingerprint density at radius 3 is 2.61 bits per heavy atom. The molecule has 1 fully saturated rings. The molecule has 0 aliphatic carbocycles. The molecule has 4 nitrogen and oxygen atoms in total. The summed E-state index contributed by atoms with van der Waals surface area (Å²) in [7, 11) is 0. The van der Waals surface area contributed by atoms with Crippen LogP contribution >= 0.6 is 11.3 Å². The molecule has 1 aromatic carbocycles. The molecule has 0 saturated carbocycles. The van der Waals surface area contributed by atoms with Gasteiger partial charge in [-0.1, -0.05) is 6.07 Å². The first-order chi connectivity index (χ1) is 13.4. The summed E-state index contributed by atoms with van der Waals surface area (Å²) in [6.45, 7) is 4.26. The van der Waals surface area contributed by atoms with E-state index in [9.17, 15) is 18.0 Å². The van der Waals surface area contributed by atoms with E-state index < -0.39 is 11.7 Å². The Morgan fingerprint density at radius 1 is 1.07 bits per heavy atom. The molecule has 1 saturated heterocycles. The number of benzene rings is 1. The van der Waals surface area contributed by atoms with E-state index in [0.717, 1.165) is 25.6 Å². The molecule has 0 bridgehead atoms. The van der Waals surface area contributed by atoms with Gasteiger partial charge in [-0.2, -0.15) is 13.2 Å². The average Bonchev–Trinajstić information content (AvgIpc) is 3.15. The number of fused-ring (bicyclic) bond motifs is 1. The van der Waals surface area contributed by atoms with Crippen LogP contribution in [0.5, 0.6) is 0 Å². The van der Waals surface area contributed by atoms with Gasteiger partial charge in [-0.3, -0.25) is 9.69 Å². The number of alkyl halides is 3. The molecule has 8 heteroatoms. The van der Waals surface area contributed by atoms with Gasteiger partial charge in [0.2, 0.25) is 5.91 Å². The van der Waals surface area contributed by atoms with Gasteiger partial charge in [-0.25, -0.2) is 0 Å². The Balaban J connectivity index is 1.31. The first-order valence-corrected chi connectivity index (χ1v) is 10.3. The fourth-order valence-electron chi connectivity index (χ4n) is 3.83. The SMILES string of the molecule is O=C(CN1CCc2sccc2C1)N1CCN(c2cccc(C(F)(F)F)c2)CC1. The molecule has 1 aromatic heterocycles. The Bertz CT molecular complexity index is 843. The van der Waals surface area contributed by atoms with Crippen molar-refractivity contribution in [1.29, 1.82) is 0 Å². The number of carbonyl (C=O) groups is 1. The van der Waals surface area contributed by atoms with Crippen molar-refractivity contribution in [2.45, 2.75) is 19.1 Å². The second kappa shape index (κ2) is 7.75. The van der Waals surface area contributed by atoms with E-state index in [4.69, 9.17) is 0 Å². The van der Waals surface area contributed by atoms with Crippen molar-refractivity contribution < 1.29 is 18.0 Å². The summed E-state index contributed by atoms with van der Waals surface area (Å²) < 4.78 is 38.8. The molecule has 1 amide bonds. The third kappa shape index (κ3) is 4.17. The van der Waals surface area contributed by atoms with Crippen LogP contribution in [0.4, 0.5) is 18.9 Å². The number of piperazine rings is 1. The highest BCUT2D eigenvalue weighted by Crippen LogP contribution is 2.32. The summed E-state index contributed by atoms with van der Waals surface area (Å²) in [6.07, 6.45) is -3.35. The number of halogens is 3. The molecule has 0 spiro atoms. The van der Waals surface area contributed by atoms with E-state index >= 15 is 0 Å². The van der Waals surface area contributed by atoms with Crippen LogP contribution in [0.3, 0.4) is 0 Å². The van der Waals surface area contributed by atoms with Gasteiger partial charge >= 0.3 is 6.18 Å². The number of hydrogen-bond acceptors (Lipinski definition) is 4. The number of rotatable bonds is 3. The van der Waals surface area contributed by atoms with Gasteiger partial charge in [-0.05, 0) is 41.6 Å². The Morgan fingerprint density at radius 2 is 1.86 bits per heavy atom. The highest BCUT2D eigenvalue weighted by Gasteiger charge is 2.31. The summed E-state index contributed by atoms with van der Waals surface area (Å²) in [4.78, 5) is 20.0. The lowest BCUT2D eigenvalue weighted by Gasteiger charge is -2.37. The monoisotopic (exact) mass is 409 g/mol. The third-order valence-electron chi connectivity index (χ3n) is 5.42. The predicted molar refractivity (Wildman–Crippen MR) is 104 cm³/mol. The van der Waals surface area contributed by atoms with Gasteiger partial charge < -0.3 is 9.80 Å². The first kappa shape index (κ1) is 19.3. The Hall–Kier alpha value is -2.06. The lowest BCUT2D eigenvalue weighted by molar-refractivity contribution is -0.137. The lowest BCUT2D eigenvalue weighted by Crippen LogP contribution is -2.51. The van der Waals surface area contributed by atoms with Crippen LogP contribution in [0.25, 0.3) is 0 Å². The molecule has 0 atom stereocenters. The minimum absolute atomic E-state index is 0.0994. The quantitative estimate of drug-likeness (QED) is 0.777. The second-order valence-corrected chi connectivity index (χ2v) is 8.25. The van der Waals surface area contributed by atoms with Crippen LogP contribution < -0.4 is 4.90 Å². The zero-order valence-electron chi connectivity index (χ0n) is 15.4. The maximum absolute atomic E-state index is 12.9. The van der Waals surface area contributed by atoms with E-state index in [2.05, 4.69) is 16.3 Å². The number of nitrogens with zero attached hydrogens (tertiary/aromatic N) is 3. The number of hydrogen-bond donors (Lipinski definition) is 0. The fourth-order valence-corrected chi connectivity index (χ4v) is 4.72. The molecule has 0 unspecified atom stereocenters. The minimum atomic E-state index is -4.34. The van der Waals surface area contributed by atoms with E-state index in [-0.39, 0.29) is 5.91 Å². The van der Waals surface area contributed by atoms with Crippen molar-refractivity contribution in [3.8, 4) is 0 Å². The summed E-state index contributed by atoms with van der Waals surface area (Å²) in [5.74, 6) is 0.0994. The standard InChI is InChI=1S/C20H22F3N3OS/c21-20(22,23)16-2-1-3-17(12-16)25-7-9-26(10-8-25)19(27)14-24-6-4-18-15(13-24)5-11-28-18/h1-3,5,11-12H,4,6-10,13-14H2. The van der Waals surface area contributed by atoms with Crippen molar-refractivity contribution in [2.24, 2.45) is 0 Å². The first-order valence-electron chi connectivity index (χ1n) is 9.38. The molecule has 0 N–H and O–H groups in total. The predicted octanol–water partition coefficient (Wildman–Crippen LogP) is 3.47. The van der Waals surface area contributed by atoms with Gasteiger partial charge in [-0.15, -0.1) is 11.3 Å². The van der Waals surface area contributed by atoms with Crippen molar-refractivity contribution in [3.63, 3.8) is 0 Å². The van der Waals surface area contributed by atoms with E-state index in [1.54, 1.807) is 17.4 Å². The minimum Gasteiger partial charge on any atom is -0.368 e. The molecule has 2 aliphatic rings. The van der Waals surface area contributed by atoms with Crippen molar-refractivity contribution in [2.75, 3.05) is 44.2 Å². The molecule has 3 heterocycles. The van der Waals surface area contributed by atoms with Gasteiger partial charge in [0.1, 0.15) is 0 Å². The van der Waals surface area contributed by atoms with Crippen LogP contribution in [-0.2, 0) is 23.9 Å². The van der Waals surface area contributed by atoms with E-state index in [1.165, 1.54) is 22.6 Å². The fraction of sp³-hybridized carbons (Fsp3) is 0.450. The van der Waals surface area contributed by atoms with Crippen LogP contribution in [0.15, 0.2) is 35.7 Å². The van der Waals surface area contributed by atoms with E-state index in [0.29, 0.717) is 38.4 Å². The van der Waals surface area contributed by atoms with Gasteiger partial charge in [0.25, 0.3) is 0 Å². The highest BCUT2D eigenvalue weighted by molar-refractivity contribution is 7.10. The summed E-state index contributed by atoms with van der Waals surface area (Å²) in [5, 5.41) is 2.10. The van der Waals surface area contributed by atoms with Crippen LogP contribution in [0, 0.1) is 0 Å². The Kier molecular flexibility index (Phi) is 5.33. The second-order valence-electron chi connectivity index (χ2n) is 7.25. The third-order valence-corrected chi connectivity index (χ3v) is 6.44. The van der Waals surface area contributed by atoms with Gasteiger partial charge in [0.05, 0.1) is 12.1 Å². The molecular formula is C20H22F3N3OS. The van der Waals surface area contributed by atoms with Crippen molar-refractivity contribution in [3.05, 3.63) is 51.7 Å². The van der Waals surface area contributed by atoms with Crippen LogP contribution in [0.2, 0.25) is 0 Å². The maximum Gasteiger partial charge on any atom is 0.416 e. The Labute approximate surface area is 166 Å². The molecule has 28 heavy (non-hydrogen) atoms. The average molecular weight is 409 g/mol. The molecule has 4 rings (SSSR count). The number of amides is 1. The summed E-state index contributed by atoms with van der Waals surface area (Å²) in [5.41, 5.74) is 1.24. The van der Waals surface area contributed by atoms with Crippen molar-refractivity contribution in [1.82, 2.24) is 9.80 Å². The lowest BCUT2D eigenvalue weighted by atomic mass is 10.1. The molecular weight excluding hydrogens is 387 g/mol. The molecule has 0 radical (unpaired) electrons. The zero-order valence-corrected chi connectivity index (χ0v) is 16.2. The maximum atomic E-state index is 12.9. The van der Waals surface area contributed by atoms with Crippen LogP contribution in [0.1, 0.15) is 16.0 Å². The zero-order chi connectivity index (χ0) is 19.7. The molecule has 2 aliphatic heterocycles. The van der Waals surface area contributed by atoms with Gasteiger partial charge in [0.15, 0.2) is 0 Å². The smallest absolute Gasteiger partial charge is 0.368 e.